The Labute approximate surface area is 168 Å². The fraction of sp³-hybridized carbons (Fsp3) is 0.238. The van der Waals surface area contributed by atoms with Gasteiger partial charge in [0, 0.05) is 0 Å². The van der Waals surface area contributed by atoms with Gasteiger partial charge in [0.05, 0.1) is 16.1 Å². The van der Waals surface area contributed by atoms with Crippen LogP contribution in [-0.4, -0.2) is 19.8 Å². The van der Waals surface area contributed by atoms with Gasteiger partial charge in [-0.2, -0.15) is 0 Å². The molecule has 2 rings (SSSR count). The summed E-state index contributed by atoms with van der Waals surface area (Å²) in [4.78, 5) is 0. The largest absolute Gasteiger partial charge is 0.494 e. The monoisotopic (exact) mass is 436 g/mol. The van der Waals surface area contributed by atoms with Crippen LogP contribution in [0.2, 0.25) is 5.02 Å². The van der Waals surface area contributed by atoms with Crippen LogP contribution in [0, 0.1) is 0 Å². The summed E-state index contributed by atoms with van der Waals surface area (Å²) in [6, 6.07) is 9.93. The number of benzene rings is 2. The van der Waals surface area contributed by atoms with E-state index in [1.807, 2.05) is 37.3 Å². The van der Waals surface area contributed by atoms with Crippen LogP contribution in [0.25, 0.3) is 0 Å². The molecule has 0 heterocycles. The molecule has 0 spiro atoms. The van der Waals surface area contributed by atoms with E-state index in [1.54, 1.807) is 12.2 Å². The molecule has 0 unspecified atom stereocenters. The third-order valence-corrected chi connectivity index (χ3v) is 4.53. The lowest BCUT2D eigenvalue weighted by Crippen LogP contribution is -2.03. The Morgan fingerprint density at radius 3 is 2.19 bits per heavy atom. The Hall–Kier alpha value is -1.91. The second-order valence-corrected chi connectivity index (χ2v) is 6.68. The molecule has 2 aromatic carbocycles. The van der Waals surface area contributed by atoms with Gasteiger partial charge >= 0.3 is 0 Å². The number of hydrogen-bond donors (Lipinski definition) is 0. The fourth-order valence-corrected chi connectivity index (χ4v) is 3.24. The minimum Gasteiger partial charge on any atom is -0.494 e. The number of rotatable bonds is 10. The minimum atomic E-state index is 0.336. The Balaban J connectivity index is 2.33. The summed E-state index contributed by atoms with van der Waals surface area (Å²) < 4.78 is 17.7. The lowest BCUT2D eigenvalue weighted by atomic mass is 10.0. The topological polar surface area (TPSA) is 27.7 Å². The molecule has 3 nitrogen and oxygen atoms in total. The molecule has 0 bridgehead atoms. The molecular weight excluding hydrogens is 416 g/mol. The third kappa shape index (κ3) is 5.29. The molecule has 138 valence electrons. The first kappa shape index (κ1) is 20.4. The van der Waals surface area contributed by atoms with Crippen molar-refractivity contribution in [2.75, 3.05) is 19.8 Å². The first-order chi connectivity index (χ1) is 12.6. The highest BCUT2D eigenvalue weighted by Crippen LogP contribution is 2.44. The number of hydrogen-bond acceptors (Lipinski definition) is 3. The third-order valence-electron chi connectivity index (χ3n) is 3.53. The average molecular weight is 438 g/mol. The van der Waals surface area contributed by atoms with Gasteiger partial charge in [-0.15, -0.1) is 0 Å². The van der Waals surface area contributed by atoms with Gasteiger partial charge in [-0.1, -0.05) is 49.0 Å². The van der Waals surface area contributed by atoms with Gasteiger partial charge in [0.15, 0.2) is 11.5 Å². The van der Waals surface area contributed by atoms with Crippen LogP contribution in [-0.2, 0) is 6.42 Å². The normalized spacial score (nSPS) is 10.3. The fourth-order valence-electron chi connectivity index (χ4n) is 2.40. The van der Waals surface area contributed by atoms with E-state index < -0.39 is 0 Å². The van der Waals surface area contributed by atoms with E-state index in [1.165, 1.54) is 0 Å². The summed E-state index contributed by atoms with van der Waals surface area (Å²) in [5, 5.41) is 0.531. The Bertz CT molecular complexity index is 757. The van der Waals surface area contributed by atoms with E-state index in [2.05, 4.69) is 29.1 Å². The number of halogens is 2. The molecule has 0 amide bonds. The number of ether oxygens (including phenoxy) is 3. The Kier molecular flexibility index (Phi) is 8.07. The molecule has 0 aliphatic heterocycles. The molecule has 0 atom stereocenters. The Morgan fingerprint density at radius 2 is 1.62 bits per heavy atom. The van der Waals surface area contributed by atoms with Crippen molar-refractivity contribution in [3.8, 4) is 17.2 Å². The average Bonchev–Trinajstić information content (AvgIpc) is 2.64. The van der Waals surface area contributed by atoms with Crippen molar-refractivity contribution < 1.29 is 14.2 Å². The maximum atomic E-state index is 6.62. The van der Waals surface area contributed by atoms with E-state index in [9.17, 15) is 0 Å². The molecule has 0 N–H and O–H groups in total. The van der Waals surface area contributed by atoms with E-state index >= 15 is 0 Å². The lowest BCUT2D eigenvalue weighted by Gasteiger charge is -2.17. The van der Waals surface area contributed by atoms with Crippen molar-refractivity contribution in [3.05, 3.63) is 76.3 Å². The van der Waals surface area contributed by atoms with Gasteiger partial charge in [-0.3, -0.25) is 0 Å². The molecule has 0 radical (unpaired) electrons. The summed E-state index contributed by atoms with van der Waals surface area (Å²) in [5.41, 5.74) is 2.06. The van der Waals surface area contributed by atoms with Crippen LogP contribution in [0.5, 0.6) is 17.2 Å². The van der Waals surface area contributed by atoms with Gasteiger partial charge < -0.3 is 14.2 Å². The first-order valence-electron chi connectivity index (χ1n) is 8.30. The van der Waals surface area contributed by atoms with Crippen LogP contribution in [0.4, 0.5) is 0 Å². The second-order valence-electron chi connectivity index (χ2n) is 5.44. The molecule has 0 saturated carbocycles. The van der Waals surface area contributed by atoms with E-state index in [-0.39, 0.29) is 0 Å². The van der Waals surface area contributed by atoms with Crippen molar-refractivity contribution in [2.24, 2.45) is 0 Å². The summed E-state index contributed by atoms with van der Waals surface area (Å²) in [5.74, 6) is 1.92. The van der Waals surface area contributed by atoms with Gasteiger partial charge in [0.25, 0.3) is 0 Å². The molecule has 2 aromatic rings. The zero-order valence-corrected chi connectivity index (χ0v) is 17.1. The molecular formula is C21H22BrClO3. The predicted octanol–water partition coefficient (Wildman–Crippen LogP) is 6.22. The van der Waals surface area contributed by atoms with Gasteiger partial charge in [-0.05, 0) is 58.6 Å². The first-order valence-corrected chi connectivity index (χ1v) is 9.47. The summed E-state index contributed by atoms with van der Waals surface area (Å²) >= 11 is 10.2. The highest BCUT2D eigenvalue weighted by atomic mass is 79.9. The van der Waals surface area contributed by atoms with Crippen molar-refractivity contribution in [1.82, 2.24) is 0 Å². The van der Waals surface area contributed by atoms with Gasteiger partial charge in [-0.25, -0.2) is 0 Å². The standard InChI is InChI=1S/C21H22BrClO3/c1-4-11-25-20-18(22)14-16(19(23)21(20)26-12-5-2)13-15-7-9-17(10-8-15)24-6-3/h4-5,7-10,14H,1-2,6,11-13H2,3H3. The van der Waals surface area contributed by atoms with E-state index in [4.69, 9.17) is 25.8 Å². The maximum absolute atomic E-state index is 6.62. The molecule has 26 heavy (non-hydrogen) atoms. The Morgan fingerprint density at radius 1 is 1.00 bits per heavy atom. The molecule has 0 aromatic heterocycles. The van der Waals surface area contributed by atoms with Gasteiger partial charge in [0.1, 0.15) is 19.0 Å². The quantitative estimate of drug-likeness (QED) is 0.413. The molecule has 0 aliphatic carbocycles. The summed E-state index contributed by atoms with van der Waals surface area (Å²) in [6.45, 7) is 10.7. The van der Waals surface area contributed by atoms with E-state index in [0.29, 0.717) is 42.8 Å². The minimum absolute atomic E-state index is 0.336. The second kappa shape index (κ2) is 10.3. The van der Waals surface area contributed by atoms with Crippen LogP contribution >= 0.6 is 27.5 Å². The SMILES string of the molecule is C=CCOc1c(Br)cc(Cc2ccc(OCC)cc2)c(Cl)c1OCC=C. The van der Waals surface area contributed by atoms with Crippen LogP contribution in [0.15, 0.2) is 60.1 Å². The van der Waals surface area contributed by atoms with Crippen LogP contribution in [0.1, 0.15) is 18.1 Å². The van der Waals surface area contributed by atoms with Crippen molar-refractivity contribution >= 4 is 27.5 Å². The smallest absolute Gasteiger partial charge is 0.181 e. The van der Waals surface area contributed by atoms with Crippen LogP contribution < -0.4 is 14.2 Å². The zero-order chi connectivity index (χ0) is 18.9. The van der Waals surface area contributed by atoms with E-state index in [0.717, 1.165) is 21.3 Å². The molecule has 0 saturated heterocycles. The van der Waals surface area contributed by atoms with Crippen molar-refractivity contribution in [3.63, 3.8) is 0 Å². The van der Waals surface area contributed by atoms with Crippen LogP contribution in [0.3, 0.4) is 0 Å². The highest BCUT2D eigenvalue weighted by Gasteiger charge is 2.19. The maximum Gasteiger partial charge on any atom is 0.181 e. The van der Waals surface area contributed by atoms with Gasteiger partial charge in [0.2, 0.25) is 0 Å². The highest BCUT2D eigenvalue weighted by molar-refractivity contribution is 9.10. The summed E-state index contributed by atoms with van der Waals surface area (Å²) in [6.07, 6.45) is 4.00. The predicted molar refractivity (Wildman–Crippen MR) is 111 cm³/mol. The van der Waals surface area contributed by atoms with Crippen molar-refractivity contribution in [2.45, 2.75) is 13.3 Å². The molecule has 0 aliphatic rings. The summed E-state index contributed by atoms with van der Waals surface area (Å²) in [7, 11) is 0. The van der Waals surface area contributed by atoms with Crippen molar-refractivity contribution in [1.29, 1.82) is 0 Å². The zero-order valence-electron chi connectivity index (χ0n) is 14.8. The lowest BCUT2D eigenvalue weighted by molar-refractivity contribution is 0.306. The molecule has 0 fully saturated rings. The molecule has 5 heteroatoms.